The molecule has 0 unspecified atom stereocenters. The van der Waals surface area contributed by atoms with Gasteiger partial charge >= 0.3 is 0 Å². The molecule has 88 valence electrons. The molecule has 0 radical (unpaired) electrons. The maximum atomic E-state index is 11.6. The minimum Gasteiger partial charge on any atom is -0.266 e. The SMILES string of the molecule is Cc1cccc(C(=O)NS(=O)(=O)C(C)C)n1. The molecule has 1 rings (SSSR count). The van der Waals surface area contributed by atoms with Crippen LogP contribution in [0.15, 0.2) is 18.2 Å². The molecule has 0 aliphatic heterocycles. The van der Waals surface area contributed by atoms with Crippen molar-refractivity contribution in [3.05, 3.63) is 29.6 Å². The van der Waals surface area contributed by atoms with E-state index in [0.717, 1.165) is 0 Å². The lowest BCUT2D eigenvalue weighted by molar-refractivity contribution is 0.0976. The lowest BCUT2D eigenvalue weighted by atomic mass is 10.3. The summed E-state index contributed by atoms with van der Waals surface area (Å²) in [6.45, 7) is 4.73. The molecule has 0 aliphatic carbocycles. The Morgan fingerprint density at radius 3 is 2.50 bits per heavy atom. The van der Waals surface area contributed by atoms with E-state index in [4.69, 9.17) is 0 Å². The third-order valence-electron chi connectivity index (χ3n) is 1.98. The summed E-state index contributed by atoms with van der Waals surface area (Å²) in [5, 5.41) is -0.652. The van der Waals surface area contributed by atoms with Gasteiger partial charge in [-0.2, -0.15) is 0 Å². The molecule has 0 atom stereocenters. The summed E-state index contributed by atoms with van der Waals surface area (Å²) in [4.78, 5) is 15.5. The zero-order chi connectivity index (χ0) is 12.3. The Hall–Kier alpha value is -1.43. The van der Waals surface area contributed by atoms with Crippen molar-refractivity contribution in [2.24, 2.45) is 0 Å². The third kappa shape index (κ3) is 3.03. The standard InChI is InChI=1S/C10H14N2O3S/c1-7(2)16(14,15)12-10(13)9-6-4-5-8(3)11-9/h4-7H,1-3H3,(H,12,13). The summed E-state index contributed by atoms with van der Waals surface area (Å²) in [5.74, 6) is -0.697. The average molecular weight is 242 g/mol. The van der Waals surface area contributed by atoms with Crippen LogP contribution in [0.3, 0.4) is 0 Å². The summed E-state index contributed by atoms with van der Waals surface area (Å²) >= 11 is 0. The predicted octanol–water partition coefficient (Wildman–Crippen LogP) is 0.858. The fourth-order valence-electron chi connectivity index (χ4n) is 0.969. The van der Waals surface area contributed by atoms with Crippen LogP contribution >= 0.6 is 0 Å². The fourth-order valence-corrected chi connectivity index (χ4v) is 1.57. The van der Waals surface area contributed by atoms with Gasteiger partial charge in [0.1, 0.15) is 5.69 Å². The van der Waals surface area contributed by atoms with Crippen LogP contribution in [-0.2, 0) is 10.0 Å². The Balaban J connectivity index is 2.90. The molecule has 0 aliphatic rings. The van der Waals surface area contributed by atoms with Gasteiger partial charge < -0.3 is 0 Å². The molecule has 1 aromatic heterocycles. The van der Waals surface area contributed by atoms with Crippen LogP contribution in [0.4, 0.5) is 0 Å². The highest BCUT2D eigenvalue weighted by Gasteiger charge is 2.20. The van der Waals surface area contributed by atoms with E-state index in [1.54, 1.807) is 19.1 Å². The molecule has 0 spiro atoms. The first kappa shape index (κ1) is 12.6. The van der Waals surface area contributed by atoms with Gasteiger partial charge in [-0.3, -0.25) is 4.79 Å². The molecule has 1 heterocycles. The van der Waals surface area contributed by atoms with Crippen LogP contribution < -0.4 is 4.72 Å². The van der Waals surface area contributed by atoms with E-state index in [1.807, 2.05) is 4.72 Å². The van der Waals surface area contributed by atoms with Crippen LogP contribution in [-0.4, -0.2) is 24.6 Å². The number of rotatable bonds is 3. The highest BCUT2D eigenvalue weighted by atomic mass is 32.2. The molecule has 1 N–H and O–H groups in total. The fraction of sp³-hybridized carbons (Fsp3) is 0.400. The van der Waals surface area contributed by atoms with Gasteiger partial charge in [0.25, 0.3) is 5.91 Å². The van der Waals surface area contributed by atoms with Gasteiger partial charge in [0, 0.05) is 5.69 Å². The van der Waals surface area contributed by atoms with Crippen molar-refractivity contribution >= 4 is 15.9 Å². The number of aryl methyl sites for hydroxylation is 1. The number of pyridine rings is 1. The number of aromatic nitrogens is 1. The molecular formula is C10H14N2O3S. The Labute approximate surface area is 94.9 Å². The molecule has 0 aromatic carbocycles. The highest BCUT2D eigenvalue weighted by molar-refractivity contribution is 7.90. The Morgan fingerprint density at radius 2 is 2.00 bits per heavy atom. The second kappa shape index (κ2) is 4.61. The van der Waals surface area contributed by atoms with Crippen LogP contribution in [0.1, 0.15) is 30.0 Å². The zero-order valence-electron chi connectivity index (χ0n) is 9.39. The van der Waals surface area contributed by atoms with Crippen LogP contribution in [0.2, 0.25) is 0 Å². The van der Waals surface area contributed by atoms with Gasteiger partial charge in [-0.15, -0.1) is 0 Å². The summed E-state index contributed by atoms with van der Waals surface area (Å²) in [6, 6.07) is 4.85. The van der Waals surface area contributed by atoms with Crippen LogP contribution in [0.5, 0.6) is 0 Å². The lowest BCUT2D eigenvalue weighted by Gasteiger charge is -2.08. The monoisotopic (exact) mass is 242 g/mol. The largest absolute Gasteiger partial charge is 0.283 e. The normalized spacial score (nSPS) is 11.5. The van der Waals surface area contributed by atoms with E-state index in [9.17, 15) is 13.2 Å². The number of hydrogen-bond donors (Lipinski definition) is 1. The maximum Gasteiger partial charge on any atom is 0.283 e. The minimum atomic E-state index is -3.60. The quantitative estimate of drug-likeness (QED) is 0.852. The highest BCUT2D eigenvalue weighted by Crippen LogP contribution is 2.01. The Bertz CT molecular complexity index is 495. The topological polar surface area (TPSA) is 76.1 Å². The second-order valence-corrected chi connectivity index (χ2v) is 5.93. The van der Waals surface area contributed by atoms with Crippen LogP contribution in [0, 0.1) is 6.92 Å². The van der Waals surface area contributed by atoms with Gasteiger partial charge in [-0.1, -0.05) is 6.07 Å². The zero-order valence-corrected chi connectivity index (χ0v) is 10.2. The lowest BCUT2D eigenvalue weighted by Crippen LogP contribution is -2.36. The molecule has 0 bridgehead atoms. The van der Waals surface area contributed by atoms with E-state index in [2.05, 4.69) is 4.98 Å². The van der Waals surface area contributed by atoms with E-state index in [-0.39, 0.29) is 5.69 Å². The molecule has 6 heteroatoms. The van der Waals surface area contributed by atoms with Crippen LogP contribution in [0.25, 0.3) is 0 Å². The number of carbonyl (C=O) groups excluding carboxylic acids is 1. The van der Waals surface area contributed by atoms with Crippen molar-refractivity contribution < 1.29 is 13.2 Å². The van der Waals surface area contributed by atoms with E-state index in [1.165, 1.54) is 19.9 Å². The molecule has 0 saturated carbocycles. The second-order valence-electron chi connectivity index (χ2n) is 3.69. The van der Waals surface area contributed by atoms with Gasteiger partial charge in [-0.05, 0) is 32.9 Å². The Morgan fingerprint density at radius 1 is 1.38 bits per heavy atom. The number of nitrogens with zero attached hydrogens (tertiary/aromatic N) is 1. The first-order chi connectivity index (χ1) is 7.33. The number of carbonyl (C=O) groups is 1. The number of sulfonamides is 1. The smallest absolute Gasteiger partial charge is 0.266 e. The van der Waals surface area contributed by atoms with Crippen molar-refractivity contribution in [3.63, 3.8) is 0 Å². The average Bonchev–Trinajstić information content (AvgIpc) is 2.16. The van der Waals surface area contributed by atoms with Crippen molar-refractivity contribution in [2.75, 3.05) is 0 Å². The van der Waals surface area contributed by atoms with E-state index < -0.39 is 21.2 Å². The summed E-state index contributed by atoms with van der Waals surface area (Å²) < 4.78 is 24.8. The Kier molecular flexibility index (Phi) is 3.64. The van der Waals surface area contributed by atoms with Crippen molar-refractivity contribution in [3.8, 4) is 0 Å². The van der Waals surface area contributed by atoms with Gasteiger partial charge in [-0.25, -0.2) is 18.1 Å². The summed E-state index contributed by atoms with van der Waals surface area (Å²) in [6.07, 6.45) is 0. The van der Waals surface area contributed by atoms with Crippen molar-refractivity contribution in [2.45, 2.75) is 26.0 Å². The van der Waals surface area contributed by atoms with Crippen molar-refractivity contribution in [1.29, 1.82) is 0 Å². The van der Waals surface area contributed by atoms with Crippen molar-refractivity contribution in [1.82, 2.24) is 9.71 Å². The van der Waals surface area contributed by atoms with E-state index in [0.29, 0.717) is 5.69 Å². The maximum absolute atomic E-state index is 11.6. The molecule has 1 amide bonds. The first-order valence-corrected chi connectivity index (χ1v) is 6.37. The number of nitrogens with one attached hydrogen (secondary N) is 1. The van der Waals surface area contributed by atoms with Gasteiger partial charge in [0.2, 0.25) is 10.0 Å². The molecule has 0 saturated heterocycles. The molecule has 16 heavy (non-hydrogen) atoms. The number of hydrogen-bond acceptors (Lipinski definition) is 4. The first-order valence-electron chi connectivity index (χ1n) is 4.82. The molecule has 1 aromatic rings. The van der Waals surface area contributed by atoms with Gasteiger partial charge in [0.15, 0.2) is 0 Å². The molecule has 5 nitrogen and oxygen atoms in total. The summed E-state index contributed by atoms with van der Waals surface area (Å²) in [7, 11) is -3.60. The van der Waals surface area contributed by atoms with E-state index >= 15 is 0 Å². The summed E-state index contributed by atoms with van der Waals surface area (Å²) in [5.41, 5.74) is 0.763. The third-order valence-corrected chi connectivity index (χ3v) is 3.69. The number of amides is 1. The predicted molar refractivity (Wildman–Crippen MR) is 60.5 cm³/mol. The van der Waals surface area contributed by atoms with Gasteiger partial charge in [0.05, 0.1) is 5.25 Å². The molecular weight excluding hydrogens is 228 g/mol. The molecule has 0 fully saturated rings. The minimum absolute atomic E-state index is 0.101.